The van der Waals surface area contributed by atoms with Crippen LogP contribution in [0.25, 0.3) is 0 Å². The van der Waals surface area contributed by atoms with Gasteiger partial charge in [0.1, 0.15) is 5.69 Å². The SMILES string of the molecule is CN1CCCC(N(C)Cc2ccc([N+](=O)[O-])c(N)c2)C1. The molecule has 0 aliphatic carbocycles. The second-order valence-corrected chi connectivity index (χ2v) is 5.62. The summed E-state index contributed by atoms with van der Waals surface area (Å²) in [6.45, 7) is 2.99. The normalized spacial score (nSPS) is 20.2. The molecule has 1 saturated heterocycles. The molecule has 20 heavy (non-hydrogen) atoms. The van der Waals surface area contributed by atoms with Gasteiger partial charge in [-0.2, -0.15) is 0 Å². The minimum absolute atomic E-state index is 0.0196. The van der Waals surface area contributed by atoms with Crippen LogP contribution in [0.3, 0.4) is 0 Å². The zero-order chi connectivity index (χ0) is 14.7. The highest BCUT2D eigenvalue weighted by atomic mass is 16.6. The van der Waals surface area contributed by atoms with Gasteiger partial charge in [-0.1, -0.05) is 6.07 Å². The fourth-order valence-corrected chi connectivity index (χ4v) is 2.78. The van der Waals surface area contributed by atoms with Crippen molar-refractivity contribution in [3.05, 3.63) is 33.9 Å². The minimum atomic E-state index is -0.446. The van der Waals surface area contributed by atoms with Crippen LogP contribution >= 0.6 is 0 Å². The van der Waals surface area contributed by atoms with E-state index in [0.29, 0.717) is 6.04 Å². The predicted molar refractivity (Wildman–Crippen MR) is 79.5 cm³/mol. The van der Waals surface area contributed by atoms with Crippen LogP contribution in [-0.4, -0.2) is 47.9 Å². The van der Waals surface area contributed by atoms with Crippen molar-refractivity contribution in [2.45, 2.75) is 25.4 Å². The topological polar surface area (TPSA) is 75.6 Å². The van der Waals surface area contributed by atoms with E-state index in [1.54, 1.807) is 12.1 Å². The van der Waals surface area contributed by atoms with Crippen LogP contribution in [-0.2, 0) is 6.54 Å². The molecule has 2 N–H and O–H groups in total. The molecule has 0 radical (unpaired) electrons. The Kier molecular flexibility index (Phi) is 4.57. The molecule has 1 unspecified atom stereocenters. The van der Waals surface area contributed by atoms with E-state index in [1.165, 1.54) is 18.9 Å². The van der Waals surface area contributed by atoms with Crippen molar-refractivity contribution in [3.63, 3.8) is 0 Å². The fourth-order valence-electron chi connectivity index (χ4n) is 2.78. The number of piperidine rings is 1. The van der Waals surface area contributed by atoms with Crippen LogP contribution in [0.2, 0.25) is 0 Å². The quantitative estimate of drug-likeness (QED) is 0.515. The van der Waals surface area contributed by atoms with Crippen molar-refractivity contribution < 1.29 is 4.92 Å². The monoisotopic (exact) mass is 278 g/mol. The first-order valence-corrected chi connectivity index (χ1v) is 6.89. The molecule has 1 aromatic carbocycles. The number of hydrogen-bond donors (Lipinski definition) is 1. The molecule has 1 aliphatic heterocycles. The van der Waals surface area contributed by atoms with Crippen molar-refractivity contribution in [1.29, 1.82) is 0 Å². The molecule has 1 heterocycles. The molecule has 1 aliphatic rings. The predicted octanol–water partition coefficient (Wildman–Crippen LogP) is 1.70. The molecular weight excluding hydrogens is 256 g/mol. The molecule has 0 amide bonds. The molecule has 0 saturated carbocycles. The van der Waals surface area contributed by atoms with E-state index in [2.05, 4.69) is 23.9 Å². The number of nitro benzene ring substituents is 1. The first-order chi connectivity index (χ1) is 9.47. The summed E-state index contributed by atoms with van der Waals surface area (Å²) in [5, 5.41) is 10.7. The lowest BCUT2D eigenvalue weighted by Gasteiger charge is -2.35. The second-order valence-electron chi connectivity index (χ2n) is 5.62. The van der Waals surface area contributed by atoms with Crippen LogP contribution in [0.5, 0.6) is 0 Å². The summed E-state index contributed by atoms with van der Waals surface area (Å²) in [7, 11) is 4.24. The Morgan fingerprint density at radius 3 is 2.90 bits per heavy atom. The zero-order valence-electron chi connectivity index (χ0n) is 12.1. The van der Waals surface area contributed by atoms with Crippen LogP contribution in [0.1, 0.15) is 18.4 Å². The van der Waals surface area contributed by atoms with E-state index >= 15 is 0 Å². The Morgan fingerprint density at radius 2 is 2.30 bits per heavy atom. The van der Waals surface area contributed by atoms with Crippen molar-refractivity contribution in [2.24, 2.45) is 0 Å². The van der Waals surface area contributed by atoms with Gasteiger partial charge in [-0.3, -0.25) is 15.0 Å². The van der Waals surface area contributed by atoms with Crippen LogP contribution in [0, 0.1) is 10.1 Å². The molecule has 0 spiro atoms. The maximum atomic E-state index is 10.7. The summed E-state index contributed by atoms with van der Waals surface area (Å²) in [4.78, 5) is 14.9. The largest absolute Gasteiger partial charge is 0.393 e. The van der Waals surface area contributed by atoms with Crippen molar-refractivity contribution in [1.82, 2.24) is 9.80 Å². The Labute approximate surface area is 119 Å². The smallest absolute Gasteiger partial charge is 0.292 e. The molecule has 1 fully saturated rings. The fraction of sp³-hybridized carbons (Fsp3) is 0.571. The Balaban J connectivity index is 2.02. The molecule has 110 valence electrons. The van der Waals surface area contributed by atoms with E-state index in [-0.39, 0.29) is 11.4 Å². The summed E-state index contributed by atoms with van der Waals surface area (Å²) in [5.74, 6) is 0. The molecule has 1 aromatic rings. The minimum Gasteiger partial charge on any atom is -0.393 e. The van der Waals surface area contributed by atoms with E-state index in [0.717, 1.165) is 25.2 Å². The number of hydrogen-bond acceptors (Lipinski definition) is 5. The number of nitrogens with zero attached hydrogens (tertiary/aromatic N) is 3. The summed E-state index contributed by atoms with van der Waals surface area (Å²) in [5.41, 5.74) is 6.97. The maximum absolute atomic E-state index is 10.7. The standard InChI is InChI=1S/C14H22N4O2/c1-16-7-3-4-12(10-16)17(2)9-11-5-6-14(18(19)20)13(15)8-11/h5-6,8,12H,3-4,7,9-10,15H2,1-2H3. The number of anilines is 1. The first-order valence-electron chi connectivity index (χ1n) is 6.89. The van der Waals surface area contributed by atoms with Gasteiger partial charge >= 0.3 is 0 Å². The average Bonchev–Trinajstić information content (AvgIpc) is 2.38. The van der Waals surface area contributed by atoms with Gasteiger partial charge in [0.25, 0.3) is 5.69 Å². The van der Waals surface area contributed by atoms with E-state index in [4.69, 9.17) is 5.73 Å². The van der Waals surface area contributed by atoms with Crippen molar-refractivity contribution in [3.8, 4) is 0 Å². The van der Waals surface area contributed by atoms with E-state index < -0.39 is 4.92 Å². The third-order valence-electron chi connectivity index (χ3n) is 3.94. The molecule has 1 atom stereocenters. The van der Waals surface area contributed by atoms with E-state index in [1.807, 2.05) is 0 Å². The summed E-state index contributed by atoms with van der Waals surface area (Å²) in [6, 6.07) is 5.52. The van der Waals surface area contributed by atoms with Gasteiger partial charge in [-0.15, -0.1) is 0 Å². The average molecular weight is 278 g/mol. The first kappa shape index (κ1) is 14.7. The van der Waals surface area contributed by atoms with Gasteiger partial charge in [-0.25, -0.2) is 0 Å². The van der Waals surface area contributed by atoms with E-state index in [9.17, 15) is 10.1 Å². The molecular formula is C14H22N4O2. The lowest BCUT2D eigenvalue weighted by atomic mass is 10.0. The molecule has 6 nitrogen and oxygen atoms in total. The Hall–Kier alpha value is -1.66. The van der Waals surface area contributed by atoms with Gasteiger partial charge in [0.05, 0.1) is 4.92 Å². The zero-order valence-corrected chi connectivity index (χ0v) is 12.1. The third-order valence-corrected chi connectivity index (χ3v) is 3.94. The number of nitro groups is 1. The number of benzene rings is 1. The molecule has 0 bridgehead atoms. The highest BCUT2D eigenvalue weighted by Crippen LogP contribution is 2.23. The van der Waals surface area contributed by atoms with Gasteiger partial charge in [-0.05, 0) is 45.1 Å². The summed E-state index contributed by atoms with van der Waals surface area (Å²) in [6.07, 6.45) is 2.41. The molecule has 2 rings (SSSR count). The second kappa shape index (κ2) is 6.19. The van der Waals surface area contributed by atoms with Gasteiger partial charge in [0.2, 0.25) is 0 Å². The number of likely N-dealkylation sites (N-methyl/N-ethyl adjacent to an activating group) is 2. The number of likely N-dealkylation sites (tertiary alicyclic amines) is 1. The third kappa shape index (κ3) is 3.46. The maximum Gasteiger partial charge on any atom is 0.292 e. The summed E-state index contributed by atoms with van der Waals surface area (Å²) < 4.78 is 0. The highest BCUT2D eigenvalue weighted by molar-refractivity contribution is 5.59. The van der Waals surface area contributed by atoms with Crippen LogP contribution in [0.4, 0.5) is 11.4 Å². The number of nitrogen functional groups attached to an aromatic ring is 1. The van der Waals surface area contributed by atoms with Crippen molar-refractivity contribution in [2.75, 3.05) is 32.9 Å². The molecule has 6 heteroatoms. The van der Waals surface area contributed by atoms with Gasteiger partial charge < -0.3 is 10.6 Å². The van der Waals surface area contributed by atoms with Crippen LogP contribution in [0.15, 0.2) is 18.2 Å². The van der Waals surface area contributed by atoms with Gasteiger partial charge in [0.15, 0.2) is 0 Å². The Morgan fingerprint density at radius 1 is 1.55 bits per heavy atom. The lowest BCUT2D eigenvalue weighted by Crippen LogP contribution is -2.44. The Bertz CT molecular complexity index is 492. The lowest BCUT2D eigenvalue weighted by molar-refractivity contribution is -0.383. The summed E-state index contributed by atoms with van der Waals surface area (Å²) >= 11 is 0. The van der Waals surface area contributed by atoms with Crippen LogP contribution < -0.4 is 5.73 Å². The number of nitrogens with two attached hydrogens (primary N) is 1. The van der Waals surface area contributed by atoms with Crippen molar-refractivity contribution >= 4 is 11.4 Å². The molecule has 0 aromatic heterocycles. The number of rotatable bonds is 4. The van der Waals surface area contributed by atoms with Gasteiger partial charge in [0, 0.05) is 25.2 Å². The highest BCUT2D eigenvalue weighted by Gasteiger charge is 2.21.